The Kier molecular flexibility index (Phi) is 7.31. The molecule has 1 rings (SSSR count). The van der Waals surface area contributed by atoms with Gasteiger partial charge >= 0.3 is 0 Å². The predicted octanol–water partition coefficient (Wildman–Crippen LogP) is 1.41. The third kappa shape index (κ3) is 6.31. The Morgan fingerprint density at radius 1 is 1.10 bits per heavy atom. The molecule has 3 N–H and O–H groups in total. The normalized spacial score (nSPS) is 10.2. The Bertz CT molecular complexity index is 475. The van der Waals surface area contributed by atoms with Crippen molar-refractivity contribution in [1.29, 1.82) is 0 Å². The summed E-state index contributed by atoms with van der Waals surface area (Å²) in [5.41, 5.74) is -0.468. The molecule has 0 spiro atoms. The molecule has 0 aliphatic heterocycles. The highest BCUT2D eigenvalue weighted by atomic mass is 19.1. The first-order chi connectivity index (χ1) is 10.0. The Balaban J connectivity index is 2.27. The number of hydrogen-bond donors (Lipinski definition) is 3. The van der Waals surface area contributed by atoms with Crippen LogP contribution >= 0.6 is 0 Å². The number of halogens is 2. The lowest BCUT2D eigenvalue weighted by Crippen LogP contribution is -2.32. The number of para-hydroxylation sites is 1. The molecule has 21 heavy (non-hydrogen) atoms. The van der Waals surface area contributed by atoms with Crippen LogP contribution in [-0.2, 0) is 9.59 Å². The van der Waals surface area contributed by atoms with E-state index in [-0.39, 0.29) is 18.9 Å². The molecule has 0 heterocycles. The lowest BCUT2D eigenvalue weighted by Gasteiger charge is -2.08. The molecule has 0 aromatic heterocycles. The van der Waals surface area contributed by atoms with Crippen LogP contribution in [0.15, 0.2) is 18.2 Å². The average molecular weight is 299 g/mol. The first kappa shape index (κ1) is 17.0. The summed E-state index contributed by atoms with van der Waals surface area (Å²) in [6, 6.07) is 3.34. The maximum atomic E-state index is 13.3. The lowest BCUT2D eigenvalue weighted by molar-refractivity contribution is -0.121. The average Bonchev–Trinajstić information content (AvgIpc) is 2.45. The van der Waals surface area contributed by atoms with Crippen LogP contribution in [0.2, 0.25) is 0 Å². The van der Waals surface area contributed by atoms with Crippen LogP contribution in [-0.4, -0.2) is 31.4 Å². The summed E-state index contributed by atoms with van der Waals surface area (Å²) < 4.78 is 26.6. The van der Waals surface area contributed by atoms with Crippen molar-refractivity contribution in [2.75, 3.05) is 25.0 Å². The van der Waals surface area contributed by atoms with Gasteiger partial charge in [-0.3, -0.25) is 9.59 Å². The van der Waals surface area contributed by atoms with Crippen LogP contribution in [0.4, 0.5) is 14.5 Å². The van der Waals surface area contributed by atoms with Crippen LogP contribution in [0.1, 0.15) is 19.8 Å². The van der Waals surface area contributed by atoms with E-state index in [1.54, 1.807) is 0 Å². The second-order valence-corrected chi connectivity index (χ2v) is 4.42. The van der Waals surface area contributed by atoms with Gasteiger partial charge < -0.3 is 16.0 Å². The van der Waals surface area contributed by atoms with Gasteiger partial charge in [0.15, 0.2) is 0 Å². The van der Waals surface area contributed by atoms with Crippen LogP contribution in [0.25, 0.3) is 0 Å². The predicted molar refractivity (Wildman–Crippen MR) is 75.8 cm³/mol. The van der Waals surface area contributed by atoms with E-state index in [1.165, 1.54) is 6.07 Å². The number of carbonyl (C=O) groups is 2. The van der Waals surface area contributed by atoms with Crippen molar-refractivity contribution >= 4 is 17.5 Å². The number of nitrogens with one attached hydrogen (secondary N) is 3. The van der Waals surface area contributed by atoms with Crippen LogP contribution < -0.4 is 16.0 Å². The van der Waals surface area contributed by atoms with E-state index >= 15 is 0 Å². The molecule has 0 unspecified atom stereocenters. The van der Waals surface area contributed by atoms with Crippen molar-refractivity contribution in [2.24, 2.45) is 0 Å². The third-order valence-corrected chi connectivity index (χ3v) is 2.61. The van der Waals surface area contributed by atoms with E-state index < -0.39 is 23.2 Å². The largest absolute Gasteiger partial charge is 0.356 e. The Hall–Kier alpha value is -2.02. The van der Waals surface area contributed by atoms with E-state index in [2.05, 4.69) is 16.0 Å². The highest BCUT2D eigenvalue weighted by molar-refractivity contribution is 5.92. The van der Waals surface area contributed by atoms with Gasteiger partial charge in [-0.2, -0.15) is 0 Å². The van der Waals surface area contributed by atoms with Crippen LogP contribution in [0.3, 0.4) is 0 Å². The van der Waals surface area contributed by atoms with Crippen LogP contribution in [0, 0.1) is 11.6 Å². The number of carbonyl (C=O) groups excluding carboxylic acids is 2. The number of amides is 2. The first-order valence-electron chi connectivity index (χ1n) is 6.76. The van der Waals surface area contributed by atoms with Gasteiger partial charge in [0.25, 0.3) is 0 Å². The molecule has 5 nitrogen and oxygen atoms in total. The van der Waals surface area contributed by atoms with Gasteiger partial charge in [0.05, 0.1) is 6.54 Å². The van der Waals surface area contributed by atoms with E-state index in [0.717, 1.165) is 18.6 Å². The molecule has 1 aromatic rings. The molecule has 0 aliphatic carbocycles. The molecule has 0 bridgehead atoms. The highest BCUT2D eigenvalue weighted by Gasteiger charge is 2.11. The summed E-state index contributed by atoms with van der Waals surface area (Å²) in [7, 11) is 0. The topological polar surface area (TPSA) is 70.2 Å². The van der Waals surface area contributed by atoms with Crippen molar-refractivity contribution in [1.82, 2.24) is 10.6 Å². The third-order valence-electron chi connectivity index (χ3n) is 2.61. The molecule has 0 atom stereocenters. The molecule has 0 aliphatic rings. The molecule has 0 radical (unpaired) electrons. The smallest absolute Gasteiger partial charge is 0.238 e. The second-order valence-electron chi connectivity index (χ2n) is 4.42. The molecule has 0 fully saturated rings. The van der Waals surface area contributed by atoms with E-state index in [0.29, 0.717) is 13.1 Å². The monoisotopic (exact) mass is 299 g/mol. The molecule has 1 aromatic carbocycles. The van der Waals surface area contributed by atoms with Gasteiger partial charge in [0.1, 0.15) is 17.3 Å². The SMILES string of the molecule is CCCNC(=O)CCNCC(=O)Nc1c(F)cccc1F. The van der Waals surface area contributed by atoms with Gasteiger partial charge in [0, 0.05) is 19.5 Å². The fourth-order valence-corrected chi connectivity index (χ4v) is 1.56. The van der Waals surface area contributed by atoms with Crippen molar-refractivity contribution in [3.63, 3.8) is 0 Å². The zero-order chi connectivity index (χ0) is 15.7. The van der Waals surface area contributed by atoms with Gasteiger partial charge in [-0.25, -0.2) is 8.78 Å². The van der Waals surface area contributed by atoms with E-state index in [9.17, 15) is 18.4 Å². The summed E-state index contributed by atoms with van der Waals surface area (Å²) in [4.78, 5) is 22.8. The zero-order valence-corrected chi connectivity index (χ0v) is 11.8. The summed E-state index contributed by atoms with van der Waals surface area (Å²) in [6.07, 6.45) is 1.09. The minimum absolute atomic E-state index is 0.107. The molecule has 2 amide bonds. The summed E-state index contributed by atoms with van der Waals surface area (Å²) in [5, 5.41) is 7.58. The number of benzene rings is 1. The molecule has 116 valence electrons. The highest BCUT2D eigenvalue weighted by Crippen LogP contribution is 2.17. The lowest BCUT2D eigenvalue weighted by atomic mass is 10.3. The summed E-state index contributed by atoms with van der Waals surface area (Å²) in [5.74, 6) is -2.34. The molecule has 0 saturated carbocycles. The van der Waals surface area contributed by atoms with Crippen molar-refractivity contribution < 1.29 is 18.4 Å². The second kappa shape index (κ2) is 9.02. The van der Waals surface area contributed by atoms with Gasteiger partial charge in [-0.15, -0.1) is 0 Å². The van der Waals surface area contributed by atoms with Gasteiger partial charge in [0.2, 0.25) is 11.8 Å². The maximum absolute atomic E-state index is 13.3. The molecule has 7 heteroatoms. The molecular weight excluding hydrogens is 280 g/mol. The molecule has 0 saturated heterocycles. The minimum Gasteiger partial charge on any atom is -0.356 e. The van der Waals surface area contributed by atoms with Crippen molar-refractivity contribution in [3.8, 4) is 0 Å². The fraction of sp³-hybridized carbons (Fsp3) is 0.429. The number of hydrogen-bond acceptors (Lipinski definition) is 3. The van der Waals surface area contributed by atoms with Crippen LogP contribution in [0.5, 0.6) is 0 Å². The van der Waals surface area contributed by atoms with Crippen molar-refractivity contribution in [2.45, 2.75) is 19.8 Å². The minimum atomic E-state index is -0.831. The first-order valence-corrected chi connectivity index (χ1v) is 6.76. The standard InChI is InChI=1S/C14H19F2N3O2/c1-2-7-18-12(20)6-8-17-9-13(21)19-14-10(15)4-3-5-11(14)16/h3-5,17H,2,6-9H2,1H3,(H,18,20)(H,19,21). The van der Waals surface area contributed by atoms with E-state index in [1.807, 2.05) is 6.92 Å². The molecular formula is C14H19F2N3O2. The summed E-state index contributed by atoms with van der Waals surface area (Å²) >= 11 is 0. The van der Waals surface area contributed by atoms with Gasteiger partial charge in [-0.05, 0) is 18.6 Å². The Morgan fingerprint density at radius 2 is 1.76 bits per heavy atom. The fourth-order valence-electron chi connectivity index (χ4n) is 1.56. The quantitative estimate of drug-likeness (QED) is 0.636. The maximum Gasteiger partial charge on any atom is 0.238 e. The Morgan fingerprint density at radius 3 is 2.38 bits per heavy atom. The van der Waals surface area contributed by atoms with E-state index in [4.69, 9.17) is 0 Å². The zero-order valence-electron chi connectivity index (χ0n) is 11.8. The van der Waals surface area contributed by atoms with Crippen molar-refractivity contribution in [3.05, 3.63) is 29.8 Å². The Labute approximate surface area is 122 Å². The van der Waals surface area contributed by atoms with Gasteiger partial charge in [-0.1, -0.05) is 13.0 Å². The number of anilines is 1. The number of rotatable bonds is 8. The summed E-state index contributed by atoms with van der Waals surface area (Å²) in [6.45, 7) is 2.74.